The van der Waals surface area contributed by atoms with Crippen molar-refractivity contribution >= 4 is 34.1 Å². The van der Waals surface area contributed by atoms with Crippen molar-refractivity contribution in [2.75, 3.05) is 9.80 Å². The average Bonchev–Trinajstić information content (AvgIpc) is 3.56. The second-order valence-electron chi connectivity index (χ2n) is 15.7. The third-order valence-corrected chi connectivity index (χ3v) is 12.9. The summed E-state index contributed by atoms with van der Waals surface area (Å²) in [6.07, 6.45) is 7.95. The van der Waals surface area contributed by atoms with Gasteiger partial charge in [-0.25, -0.2) is 0 Å². The summed E-state index contributed by atoms with van der Waals surface area (Å²) < 4.78 is 0. The van der Waals surface area contributed by atoms with Gasteiger partial charge in [-0.15, -0.1) is 0 Å². The smallest absolute Gasteiger partial charge is 0.0468 e. The predicted molar refractivity (Wildman–Crippen MR) is 244 cm³/mol. The first-order chi connectivity index (χ1) is 28.1. The molecule has 0 amide bonds. The molecule has 0 N–H and O–H groups in total. The van der Waals surface area contributed by atoms with E-state index in [0.717, 1.165) is 48.4 Å². The van der Waals surface area contributed by atoms with E-state index < -0.39 is 0 Å². The fourth-order valence-electron chi connectivity index (χ4n) is 9.81. The number of nitrogens with zero attached hydrogens (tertiary/aromatic N) is 2. The molecule has 2 heteroatoms. The van der Waals surface area contributed by atoms with Crippen molar-refractivity contribution in [3.05, 3.63) is 204 Å². The molecule has 57 heavy (non-hydrogen) atoms. The Hall–Kier alpha value is -5.86. The molecule has 0 saturated carbocycles. The third-order valence-electron chi connectivity index (χ3n) is 12.9. The lowest BCUT2D eigenvalue weighted by molar-refractivity contribution is 0.431. The van der Waals surface area contributed by atoms with Gasteiger partial charge in [0.05, 0.1) is 0 Å². The Morgan fingerprint density at radius 3 is 1.30 bits per heavy atom. The van der Waals surface area contributed by atoms with E-state index in [2.05, 4.69) is 219 Å². The minimum Gasteiger partial charge on any atom is -0.311 e. The lowest BCUT2D eigenvalue weighted by Gasteiger charge is -2.36. The molecule has 8 rings (SSSR count). The topological polar surface area (TPSA) is 6.48 Å². The van der Waals surface area contributed by atoms with Crippen LogP contribution in [0.15, 0.2) is 182 Å². The fraction of sp³-hybridized carbons (Fsp3) is 0.236. The van der Waals surface area contributed by atoms with Crippen LogP contribution in [0.3, 0.4) is 0 Å². The molecule has 0 heterocycles. The van der Waals surface area contributed by atoms with Crippen LogP contribution in [-0.2, 0) is 10.8 Å². The van der Waals surface area contributed by atoms with Gasteiger partial charge in [0.15, 0.2) is 0 Å². The van der Waals surface area contributed by atoms with E-state index in [1.807, 2.05) is 0 Å². The summed E-state index contributed by atoms with van der Waals surface area (Å²) in [6.45, 7) is 9.37. The van der Waals surface area contributed by atoms with E-state index in [0.29, 0.717) is 0 Å². The van der Waals surface area contributed by atoms with E-state index in [4.69, 9.17) is 0 Å². The molecular weight excluding hydrogens is 689 g/mol. The highest BCUT2D eigenvalue weighted by atomic mass is 15.1. The summed E-state index contributed by atoms with van der Waals surface area (Å²) in [7, 11) is 0. The molecule has 2 nitrogen and oxygen atoms in total. The van der Waals surface area contributed by atoms with Crippen LogP contribution >= 0.6 is 0 Å². The maximum Gasteiger partial charge on any atom is 0.0468 e. The van der Waals surface area contributed by atoms with Crippen LogP contribution in [-0.4, -0.2) is 0 Å². The number of hydrogen-bond acceptors (Lipinski definition) is 2. The Kier molecular flexibility index (Phi) is 11.1. The number of fused-ring (bicyclic) bond motifs is 3. The monoisotopic (exact) mass is 744 g/mol. The number of hydrogen-bond donors (Lipinski definition) is 0. The highest BCUT2D eigenvalue weighted by molar-refractivity contribution is 5.87. The van der Waals surface area contributed by atoms with Gasteiger partial charge in [0.2, 0.25) is 0 Å². The average molecular weight is 745 g/mol. The second-order valence-corrected chi connectivity index (χ2v) is 15.7. The fourth-order valence-corrected chi connectivity index (χ4v) is 9.81. The minimum absolute atomic E-state index is 0.0600. The molecule has 0 bridgehead atoms. The molecule has 1 aliphatic rings. The molecule has 1 aliphatic carbocycles. The van der Waals surface area contributed by atoms with Gasteiger partial charge in [0, 0.05) is 45.0 Å². The zero-order valence-corrected chi connectivity index (χ0v) is 34.2. The number of benzene rings is 7. The Labute approximate surface area is 341 Å². The number of para-hydroxylation sites is 3. The number of rotatable bonds is 15. The van der Waals surface area contributed by atoms with Gasteiger partial charge in [-0.2, -0.15) is 0 Å². The SMILES string of the molecule is CCCCCC(CC)(c1ccc(N(c2ccccc2)c2ccccc2)cc1)c1ccc(N(c2ccccc2)c2ccc3c(c2)-c2ccccc2C3(CC)CC)cc1. The van der Waals surface area contributed by atoms with Crippen LogP contribution in [0.4, 0.5) is 34.1 Å². The zero-order chi connectivity index (χ0) is 39.2. The molecule has 1 unspecified atom stereocenters. The number of anilines is 6. The molecule has 0 fully saturated rings. The van der Waals surface area contributed by atoms with E-state index >= 15 is 0 Å². The second kappa shape index (κ2) is 16.7. The van der Waals surface area contributed by atoms with Crippen molar-refractivity contribution in [2.45, 2.75) is 83.5 Å². The highest BCUT2D eigenvalue weighted by Crippen LogP contribution is 2.54. The van der Waals surface area contributed by atoms with Crippen LogP contribution in [0.5, 0.6) is 0 Å². The van der Waals surface area contributed by atoms with Crippen LogP contribution in [0.2, 0.25) is 0 Å². The van der Waals surface area contributed by atoms with Crippen molar-refractivity contribution in [3.63, 3.8) is 0 Å². The normalized spacial score (nSPS) is 13.7. The first-order valence-corrected chi connectivity index (χ1v) is 21.3. The molecular formula is C55H56N2. The lowest BCUT2D eigenvalue weighted by Crippen LogP contribution is -2.27. The first kappa shape index (κ1) is 38.0. The van der Waals surface area contributed by atoms with Crippen LogP contribution in [0.1, 0.15) is 94.9 Å². The van der Waals surface area contributed by atoms with Gasteiger partial charge in [-0.1, -0.05) is 156 Å². The van der Waals surface area contributed by atoms with Gasteiger partial charge in [0.1, 0.15) is 0 Å². The molecule has 0 saturated heterocycles. The molecule has 286 valence electrons. The quantitative estimate of drug-likeness (QED) is 0.0965. The van der Waals surface area contributed by atoms with Crippen LogP contribution < -0.4 is 9.80 Å². The van der Waals surface area contributed by atoms with Crippen LogP contribution in [0.25, 0.3) is 11.1 Å². The minimum atomic E-state index is -0.102. The highest BCUT2D eigenvalue weighted by Gasteiger charge is 2.40. The molecule has 0 spiro atoms. The predicted octanol–water partition coefficient (Wildman–Crippen LogP) is 16.0. The van der Waals surface area contributed by atoms with Gasteiger partial charge in [-0.05, 0) is 132 Å². The molecule has 7 aromatic rings. The van der Waals surface area contributed by atoms with Gasteiger partial charge in [0.25, 0.3) is 0 Å². The van der Waals surface area contributed by atoms with Crippen molar-refractivity contribution in [1.82, 2.24) is 0 Å². The van der Waals surface area contributed by atoms with Crippen LogP contribution in [0, 0.1) is 0 Å². The van der Waals surface area contributed by atoms with Gasteiger partial charge in [-0.3, -0.25) is 0 Å². The van der Waals surface area contributed by atoms with E-state index in [1.165, 1.54) is 64.0 Å². The van der Waals surface area contributed by atoms with Gasteiger partial charge >= 0.3 is 0 Å². The largest absolute Gasteiger partial charge is 0.311 e. The summed E-state index contributed by atoms with van der Waals surface area (Å²) in [5.41, 5.74) is 15.4. The Morgan fingerprint density at radius 1 is 0.404 bits per heavy atom. The molecule has 7 aromatic carbocycles. The number of unbranched alkanes of at least 4 members (excludes halogenated alkanes) is 2. The maximum absolute atomic E-state index is 2.44. The Balaban J connectivity index is 1.19. The van der Waals surface area contributed by atoms with Crippen molar-refractivity contribution in [3.8, 4) is 11.1 Å². The van der Waals surface area contributed by atoms with Gasteiger partial charge < -0.3 is 9.80 Å². The first-order valence-electron chi connectivity index (χ1n) is 21.3. The summed E-state index contributed by atoms with van der Waals surface area (Å²) >= 11 is 0. The van der Waals surface area contributed by atoms with E-state index in [1.54, 1.807) is 0 Å². The molecule has 1 atom stereocenters. The van der Waals surface area contributed by atoms with Crippen molar-refractivity contribution in [2.24, 2.45) is 0 Å². The van der Waals surface area contributed by atoms with Crippen molar-refractivity contribution in [1.29, 1.82) is 0 Å². The summed E-state index contributed by atoms with van der Waals surface area (Å²) in [6, 6.07) is 67.5. The Morgan fingerprint density at radius 2 is 0.825 bits per heavy atom. The maximum atomic E-state index is 2.44. The lowest BCUT2D eigenvalue weighted by atomic mass is 9.69. The molecule has 0 aliphatic heterocycles. The Bertz CT molecular complexity index is 2320. The molecule has 0 aromatic heterocycles. The summed E-state index contributed by atoms with van der Waals surface area (Å²) in [5, 5.41) is 0. The summed E-state index contributed by atoms with van der Waals surface area (Å²) in [5.74, 6) is 0. The third kappa shape index (κ3) is 6.97. The zero-order valence-electron chi connectivity index (χ0n) is 34.2. The van der Waals surface area contributed by atoms with Crippen molar-refractivity contribution < 1.29 is 0 Å². The van der Waals surface area contributed by atoms with E-state index in [9.17, 15) is 0 Å². The summed E-state index contributed by atoms with van der Waals surface area (Å²) in [4.78, 5) is 4.79. The molecule has 0 radical (unpaired) electrons. The van der Waals surface area contributed by atoms with E-state index in [-0.39, 0.29) is 10.8 Å². The standard InChI is InChI=1S/C55H56N2/c1-5-9-21-40-55(8-4,42-30-34-47(35-31-42)56(44-22-13-10-14-23-44)45-24-15-11-16-25-45)43-32-36-48(37-33-43)57(46-26-17-12-18-27-46)49-38-39-53-51(41-49)50-28-19-20-29-52(50)54(53,6-2)7-3/h10-20,22-39,41H,5-9,21,40H2,1-4H3.